The minimum absolute atomic E-state index is 0.124. The molecule has 2 nitrogen and oxygen atoms in total. The zero-order valence-corrected chi connectivity index (χ0v) is 10.1. The fourth-order valence-corrected chi connectivity index (χ4v) is 1.88. The Morgan fingerprint density at radius 2 is 1.94 bits per heavy atom. The van der Waals surface area contributed by atoms with Gasteiger partial charge in [0, 0.05) is 18.2 Å². The Morgan fingerprint density at radius 3 is 2.62 bits per heavy atom. The first-order valence-electron chi connectivity index (χ1n) is 4.94. The fourth-order valence-electron chi connectivity index (χ4n) is 1.46. The van der Waals surface area contributed by atoms with E-state index in [1.54, 1.807) is 6.20 Å². The van der Waals surface area contributed by atoms with Crippen molar-refractivity contribution in [2.24, 2.45) is 0 Å². The van der Waals surface area contributed by atoms with Gasteiger partial charge in [-0.1, -0.05) is 30.3 Å². The van der Waals surface area contributed by atoms with Crippen molar-refractivity contribution in [3.05, 3.63) is 64.4 Å². The van der Waals surface area contributed by atoms with Gasteiger partial charge in [-0.3, -0.25) is 4.79 Å². The summed E-state index contributed by atoms with van der Waals surface area (Å²) in [6.07, 6.45) is 2.10. The summed E-state index contributed by atoms with van der Waals surface area (Å²) in [5.41, 5.74) is 1.71. The minimum Gasteiger partial charge on any atom is -0.294 e. The lowest BCUT2D eigenvalue weighted by molar-refractivity contribution is 0.0993. The highest BCUT2D eigenvalue weighted by atomic mass is 79.9. The van der Waals surface area contributed by atoms with Crippen molar-refractivity contribution in [3.8, 4) is 0 Å². The maximum atomic E-state index is 11.9. The molecule has 0 amide bonds. The Morgan fingerprint density at radius 1 is 1.19 bits per heavy atom. The second-order valence-electron chi connectivity index (χ2n) is 3.45. The maximum Gasteiger partial charge on any atom is 0.167 e. The van der Waals surface area contributed by atoms with Crippen LogP contribution in [0.1, 0.15) is 15.9 Å². The van der Waals surface area contributed by atoms with E-state index in [9.17, 15) is 4.79 Å². The first-order valence-corrected chi connectivity index (χ1v) is 5.74. The molecule has 3 heteroatoms. The van der Waals surface area contributed by atoms with Gasteiger partial charge >= 0.3 is 0 Å². The van der Waals surface area contributed by atoms with E-state index in [-0.39, 0.29) is 5.78 Å². The van der Waals surface area contributed by atoms with Crippen LogP contribution in [0.3, 0.4) is 0 Å². The highest BCUT2D eigenvalue weighted by Gasteiger charge is 2.06. The molecule has 0 aliphatic heterocycles. The third-order valence-corrected chi connectivity index (χ3v) is 2.69. The highest BCUT2D eigenvalue weighted by Crippen LogP contribution is 2.11. The SMILES string of the molecule is O=C(Cc1ccnc(Br)c1)c1ccccc1. The van der Waals surface area contributed by atoms with E-state index >= 15 is 0 Å². The predicted octanol–water partition coefficient (Wildman–Crippen LogP) is 3.27. The van der Waals surface area contributed by atoms with Crippen molar-refractivity contribution in [1.82, 2.24) is 4.98 Å². The average Bonchev–Trinajstić information content (AvgIpc) is 2.30. The Labute approximate surface area is 102 Å². The topological polar surface area (TPSA) is 30.0 Å². The lowest BCUT2D eigenvalue weighted by Crippen LogP contribution is -2.03. The molecule has 80 valence electrons. The normalized spacial score (nSPS) is 10.1. The van der Waals surface area contributed by atoms with E-state index in [0.717, 1.165) is 15.7 Å². The molecule has 0 radical (unpaired) electrons. The summed E-state index contributed by atoms with van der Waals surface area (Å²) < 4.78 is 0.755. The number of hydrogen-bond donors (Lipinski definition) is 0. The molecule has 0 atom stereocenters. The van der Waals surface area contributed by atoms with Gasteiger partial charge in [0.2, 0.25) is 0 Å². The van der Waals surface area contributed by atoms with Crippen LogP contribution >= 0.6 is 15.9 Å². The number of aromatic nitrogens is 1. The number of carbonyl (C=O) groups is 1. The van der Waals surface area contributed by atoms with E-state index in [2.05, 4.69) is 20.9 Å². The number of ketones is 1. The van der Waals surface area contributed by atoms with E-state index < -0.39 is 0 Å². The molecule has 0 fully saturated rings. The fraction of sp³-hybridized carbons (Fsp3) is 0.0769. The van der Waals surface area contributed by atoms with Crippen molar-refractivity contribution in [2.75, 3.05) is 0 Å². The molecule has 1 heterocycles. The van der Waals surface area contributed by atoms with Crippen LogP contribution in [0.4, 0.5) is 0 Å². The predicted molar refractivity (Wildman–Crippen MR) is 66.4 cm³/mol. The summed E-state index contributed by atoms with van der Waals surface area (Å²) in [5, 5.41) is 0. The smallest absolute Gasteiger partial charge is 0.167 e. The molecule has 1 aromatic carbocycles. The third-order valence-electron chi connectivity index (χ3n) is 2.25. The van der Waals surface area contributed by atoms with Crippen LogP contribution in [0.2, 0.25) is 0 Å². The second kappa shape index (κ2) is 5.03. The number of Topliss-reactive ketones (excluding diaryl/α,β-unsaturated/α-hetero) is 1. The molecule has 0 saturated heterocycles. The van der Waals surface area contributed by atoms with Crippen molar-refractivity contribution in [2.45, 2.75) is 6.42 Å². The molecular formula is C13H10BrNO. The van der Waals surface area contributed by atoms with Gasteiger partial charge < -0.3 is 0 Å². The molecular weight excluding hydrogens is 266 g/mol. The van der Waals surface area contributed by atoms with E-state index in [1.165, 1.54) is 0 Å². The summed E-state index contributed by atoms with van der Waals surface area (Å²) in [6, 6.07) is 13.0. The van der Waals surface area contributed by atoms with Gasteiger partial charge in [0.05, 0.1) is 0 Å². The Balaban J connectivity index is 2.14. The van der Waals surface area contributed by atoms with Crippen molar-refractivity contribution in [1.29, 1.82) is 0 Å². The van der Waals surface area contributed by atoms with Gasteiger partial charge in [-0.05, 0) is 33.6 Å². The largest absolute Gasteiger partial charge is 0.294 e. The van der Waals surface area contributed by atoms with Crippen LogP contribution in [0, 0.1) is 0 Å². The van der Waals surface area contributed by atoms with E-state index in [0.29, 0.717) is 6.42 Å². The lowest BCUT2D eigenvalue weighted by Gasteiger charge is -2.01. The Kier molecular flexibility index (Phi) is 3.47. The first-order chi connectivity index (χ1) is 7.75. The lowest BCUT2D eigenvalue weighted by atomic mass is 10.0. The summed E-state index contributed by atoms with van der Waals surface area (Å²) in [4.78, 5) is 15.9. The number of rotatable bonds is 3. The van der Waals surface area contributed by atoms with Gasteiger partial charge in [-0.2, -0.15) is 0 Å². The molecule has 0 N–H and O–H groups in total. The van der Waals surface area contributed by atoms with E-state index in [4.69, 9.17) is 0 Å². The Hall–Kier alpha value is -1.48. The van der Waals surface area contributed by atoms with Gasteiger partial charge in [0.1, 0.15) is 4.60 Å². The molecule has 2 aromatic rings. The molecule has 0 aliphatic carbocycles. The number of benzene rings is 1. The maximum absolute atomic E-state index is 11.9. The molecule has 0 bridgehead atoms. The number of halogens is 1. The molecule has 16 heavy (non-hydrogen) atoms. The molecule has 0 saturated carbocycles. The second-order valence-corrected chi connectivity index (χ2v) is 4.27. The molecule has 2 rings (SSSR count). The van der Waals surface area contributed by atoms with Gasteiger partial charge in [-0.15, -0.1) is 0 Å². The van der Waals surface area contributed by atoms with Crippen LogP contribution in [-0.4, -0.2) is 10.8 Å². The quantitative estimate of drug-likeness (QED) is 0.636. The number of pyridine rings is 1. The van der Waals surface area contributed by atoms with Crippen LogP contribution in [-0.2, 0) is 6.42 Å². The monoisotopic (exact) mass is 275 g/mol. The number of hydrogen-bond acceptors (Lipinski definition) is 2. The summed E-state index contributed by atoms with van der Waals surface area (Å²) in [7, 11) is 0. The van der Waals surface area contributed by atoms with Crippen molar-refractivity contribution >= 4 is 21.7 Å². The van der Waals surface area contributed by atoms with Gasteiger partial charge in [0.25, 0.3) is 0 Å². The van der Waals surface area contributed by atoms with E-state index in [1.807, 2.05) is 42.5 Å². The van der Waals surface area contributed by atoms with Crippen molar-refractivity contribution in [3.63, 3.8) is 0 Å². The zero-order chi connectivity index (χ0) is 11.4. The van der Waals surface area contributed by atoms with Crippen molar-refractivity contribution < 1.29 is 4.79 Å². The summed E-state index contributed by atoms with van der Waals surface area (Å²) in [5.74, 6) is 0.124. The molecule has 0 aliphatic rings. The number of carbonyl (C=O) groups excluding carboxylic acids is 1. The van der Waals surface area contributed by atoms with Crippen LogP contribution in [0.15, 0.2) is 53.3 Å². The summed E-state index contributed by atoms with van der Waals surface area (Å²) >= 11 is 3.29. The van der Waals surface area contributed by atoms with Crippen LogP contribution in [0.25, 0.3) is 0 Å². The number of nitrogens with zero attached hydrogens (tertiary/aromatic N) is 1. The van der Waals surface area contributed by atoms with Crippen LogP contribution < -0.4 is 0 Å². The minimum atomic E-state index is 0.124. The first kappa shape index (κ1) is 11.0. The van der Waals surface area contributed by atoms with Gasteiger partial charge in [0.15, 0.2) is 5.78 Å². The molecule has 0 spiro atoms. The third kappa shape index (κ3) is 2.76. The average molecular weight is 276 g/mol. The van der Waals surface area contributed by atoms with Gasteiger partial charge in [-0.25, -0.2) is 4.98 Å². The molecule has 0 unspecified atom stereocenters. The Bertz CT molecular complexity index is 496. The highest BCUT2D eigenvalue weighted by molar-refractivity contribution is 9.10. The molecule has 1 aromatic heterocycles. The summed E-state index contributed by atoms with van der Waals surface area (Å²) in [6.45, 7) is 0. The van der Waals surface area contributed by atoms with Crippen LogP contribution in [0.5, 0.6) is 0 Å². The zero-order valence-electron chi connectivity index (χ0n) is 8.56. The standard InChI is InChI=1S/C13H10BrNO/c14-13-9-10(6-7-15-13)8-12(16)11-4-2-1-3-5-11/h1-7,9H,8H2.